The van der Waals surface area contributed by atoms with Crippen molar-refractivity contribution in [3.63, 3.8) is 0 Å². The molecule has 1 aromatic heterocycles. The number of aromatic nitrogens is 1. The first kappa shape index (κ1) is 11.6. The first-order chi connectivity index (χ1) is 7.68. The molecule has 3 nitrogen and oxygen atoms in total. The normalized spacial score (nSPS) is 17.3. The van der Waals surface area contributed by atoms with Gasteiger partial charge in [-0.25, -0.2) is 9.78 Å². The lowest BCUT2D eigenvalue weighted by molar-refractivity contribution is 0.0688. The molecule has 2 rings (SSSR count). The van der Waals surface area contributed by atoms with Crippen molar-refractivity contribution in [1.29, 1.82) is 0 Å². The van der Waals surface area contributed by atoms with Crippen LogP contribution in [0.5, 0.6) is 0 Å². The molecule has 0 aliphatic heterocycles. The van der Waals surface area contributed by atoms with E-state index in [0.29, 0.717) is 5.92 Å². The van der Waals surface area contributed by atoms with Gasteiger partial charge in [0.25, 0.3) is 0 Å². The Balaban J connectivity index is 2.36. The summed E-state index contributed by atoms with van der Waals surface area (Å²) in [4.78, 5) is 15.1. The van der Waals surface area contributed by atoms with Gasteiger partial charge in [-0.15, -0.1) is 0 Å². The van der Waals surface area contributed by atoms with Crippen LogP contribution >= 0.6 is 15.9 Å². The number of hydrogen-bond acceptors (Lipinski definition) is 2. The van der Waals surface area contributed by atoms with Crippen molar-refractivity contribution in [2.75, 3.05) is 0 Å². The topological polar surface area (TPSA) is 50.2 Å². The predicted octanol–water partition coefficient (Wildman–Crippen LogP) is 3.59. The molecule has 0 unspecified atom stereocenters. The molecule has 1 aromatic rings. The number of nitrogens with zero attached hydrogens (tertiary/aromatic N) is 1. The summed E-state index contributed by atoms with van der Waals surface area (Å²) in [5.74, 6) is -0.557. The minimum Gasteiger partial charge on any atom is -0.477 e. The number of aromatic carboxylic acids is 1. The highest BCUT2D eigenvalue weighted by atomic mass is 79.9. The summed E-state index contributed by atoms with van der Waals surface area (Å²) >= 11 is 3.36. The molecule has 0 spiro atoms. The predicted molar refractivity (Wildman–Crippen MR) is 64.7 cm³/mol. The minimum absolute atomic E-state index is 0.218. The van der Waals surface area contributed by atoms with E-state index in [1.165, 1.54) is 19.3 Å². The van der Waals surface area contributed by atoms with Gasteiger partial charge in [0.2, 0.25) is 0 Å². The summed E-state index contributed by atoms with van der Waals surface area (Å²) in [6.45, 7) is 0. The molecule has 16 heavy (non-hydrogen) atoms. The van der Waals surface area contributed by atoms with Crippen molar-refractivity contribution in [2.45, 2.75) is 38.0 Å². The number of pyridine rings is 1. The second kappa shape index (κ2) is 4.95. The van der Waals surface area contributed by atoms with E-state index in [9.17, 15) is 4.79 Å². The van der Waals surface area contributed by atoms with Crippen LogP contribution in [0.15, 0.2) is 16.7 Å². The lowest BCUT2D eigenvalue weighted by Gasteiger charge is -2.22. The average molecular weight is 284 g/mol. The number of rotatable bonds is 2. The zero-order valence-electron chi connectivity index (χ0n) is 8.95. The smallest absolute Gasteiger partial charge is 0.354 e. The summed E-state index contributed by atoms with van der Waals surface area (Å²) in [7, 11) is 0. The summed E-state index contributed by atoms with van der Waals surface area (Å²) in [6.07, 6.45) is 7.36. The third kappa shape index (κ3) is 2.43. The van der Waals surface area contributed by atoms with Crippen LogP contribution in [-0.4, -0.2) is 16.1 Å². The SMILES string of the molecule is O=C(O)c1ncc(Br)cc1C1CCCCC1. The second-order valence-electron chi connectivity index (χ2n) is 4.23. The molecule has 1 saturated carbocycles. The van der Waals surface area contributed by atoms with Gasteiger partial charge in [-0.2, -0.15) is 0 Å². The van der Waals surface area contributed by atoms with Gasteiger partial charge >= 0.3 is 5.97 Å². The number of carbonyl (C=O) groups is 1. The number of halogens is 1. The van der Waals surface area contributed by atoms with Crippen molar-refractivity contribution < 1.29 is 9.90 Å². The Morgan fingerprint density at radius 1 is 1.38 bits per heavy atom. The molecular formula is C12H14BrNO2. The van der Waals surface area contributed by atoms with Crippen molar-refractivity contribution in [1.82, 2.24) is 4.98 Å². The highest BCUT2D eigenvalue weighted by Crippen LogP contribution is 2.34. The van der Waals surface area contributed by atoms with E-state index in [1.807, 2.05) is 6.07 Å². The number of hydrogen-bond donors (Lipinski definition) is 1. The number of carboxylic acids is 1. The first-order valence-electron chi connectivity index (χ1n) is 5.57. The molecule has 0 bridgehead atoms. The summed E-state index contributed by atoms with van der Waals surface area (Å²) in [6, 6.07) is 1.91. The molecule has 0 saturated heterocycles. The zero-order valence-corrected chi connectivity index (χ0v) is 10.5. The first-order valence-corrected chi connectivity index (χ1v) is 6.36. The molecule has 0 atom stereocenters. The Hall–Kier alpha value is -0.900. The van der Waals surface area contributed by atoms with Crippen molar-refractivity contribution in [3.8, 4) is 0 Å². The van der Waals surface area contributed by atoms with Gasteiger partial charge < -0.3 is 5.11 Å². The zero-order chi connectivity index (χ0) is 11.5. The Labute approximate surface area is 103 Å². The van der Waals surface area contributed by atoms with Crippen LogP contribution in [0, 0.1) is 0 Å². The molecule has 0 radical (unpaired) electrons. The van der Waals surface area contributed by atoms with Gasteiger partial charge in [-0.1, -0.05) is 19.3 Å². The molecule has 1 N–H and O–H groups in total. The van der Waals surface area contributed by atoms with E-state index in [0.717, 1.165) is 22.9 Å². The van der Waals surface area contributed by atoms with E-state index < -0.39 is 5.97 Å². The highest BCUT2D eigenvalue weighted by Gasteiger charge is 2.22. The Kier molecular flexibility index (Phi) is 3.59. The van der Waals surface area contributed by atoms with Crippen LogP contribution in [0.2, 0.25) is 0 Å². The third-order valence-electron chi connectivity index (χ3n) is 3.13. The van der Waals surface area contributed by atoms with Crippen LogP contribution in [0.3, 0.4) is 0 Å². The lowest BCUT2D eigenvalue weighted by atomic mass is 9.83. The van der Waals surface area contributed by atoms with E-state index in [4.69, 9.17) is 5.11 Å². The van der Waals surface area contributed by atoms with E-state index >= 15 is 0 Å². The fraction of sp³-hybridized carbons (Fsp3) is 0.500. The Bertz CT molecular complexity index is 400. The van der Waals surface area contributed by atoms with Crippen LogP contribution in [0.1, 0.15) is 54.1 Å². The maximum atomic E-state index is 11.1. The van der Waals surface area contributed by atoms with E-state index in [1.54, 1.807) is 6.20 Å². The fourth-order valence-electron chi connectivity index (χ4n) is 2.36. The maximum Gasteiger partial charge on any atom is 0.354 e. The number of carboxylic acid groups (broad SMARTS) is 1. The van der Waals surface area contributed by atoms with Gasteiger partial charge in [0, 0.05) is 10.7 Å². The average Bonchev–Trinajstić information content (AvgIpc) is 2.29. The largest absolute Gasteiger partial charge is 0.477 e. The molecule has 86 valence electrons. The van der Waals surface area contributed by atoms with Gasteiger partial charge in [-0.05, 0) is 46.3 Å². The van der Waals surface area contributed by atoms with Crippen LogP contribution in [0.25, 0.3) is 0 Å². The van der Waals surface area contributed by atoms with Gasteiger partial charge in [0.1, 0.15) is 0 Å². The quantitative estimate of drug-likeness (QED) is 0.902. The van der Waals surface area contributed by atoms with Crippen molar-refractivity contribution in [3.05, 3.63) is 28.0 Å². The molecule has 1 aliphatic rings. The van der Waals surface area contributed by atoms with E-state index in [-0.39, 0.29) is 5.69 Å². The minimum atomic E-state index is -0.923. The molecule has 0 aromatic carbocycles. The van der Waals surface area contributed by atoms with Crippen molar-refractivity contribution in [2.24, 2.45) is 0 Å². The third-order valence-corrected chi connectivity index (χ3v) is 3.57. The molecule has 1 fully saturated rings. The molecule has 4 heteroatoms. The van der Waals surface area contributed by atoms with Gasteiger partial charge in [0.15, 0.2) is 5.69 Å². The lowest BCUT2D eigenvalue weighted by Crippen LogP contribution is -2.12. The molecule has 1 heterocycles. The molecular weight excluding hydrogens is 270 g/mol. The standard InChI is InChI=1S/C12H14BrNO2/c13-9-6-10(8-4-2-1-3-5-8)11(12(15)16)14-7-9/h6-8H,1-5H2,(H,15,16). The summed E-state index contributed by atoms with van der Waals surface area (Å²) in [5.41, 5.74) is 1.11. The van der Waals surface area contributed by atoms with Gasteiger partial charge in [0.05, 0.1) is 0 Å². The summed E-state index contributed by atoms with van der Waals surface area (Å²) in [5, 5.41) is 9.11. The highest BCUT2D eigenvalue weighted by molar-refractivity contribution is 9.10. The van der Waals surface area contributed by atoms with Crippen molar-refractivity contribution >= 4 is 21.9 Å². The van der Waals surface area contributed by atoms with Crippen LogP contribution in [0.4, 0.5) is 0 Å². The Morgan fingerprint density at radius 3 is 2.69 bits per heavy atom. The van der Waals surface area contributed by atoms with Crippen LogP contribution in [-0.2, 0) is 0 Å². The monoisotopic (exact) mass is 283 g/mol. The fourth-order valence-corrected chi connectivity index (χ4v) is 2.71. The molecule has 0 amide bonds. The Morgan fingerprint density at radius 2 is 2.06 bits per heavy atom. The van der Waals surface area contributed by atoms with Crippen LogP contribution < -0.4 is 0 Å². The second-order valence-corrected chi connectivity index (χ2v) is 5.15. The molecule has 1 aliphatic carbocycles. The summed E-state index contributed by atoms with van der Waals surface area (Å²) < 4.78 is 0.859. The van der Waals surface area contributed by atoms with Gasteiger partial charge in [-0.3, -0.25) is 0 Å². The maximum absolute atomic E-state index is 11.1. The van der Waals surface area contributed by atoms with E-state index in [2.05, 4.69) is 20.9 Å².